The highest BCUT2D eigenvalue weighted by molar-refractivity contribution is 5.79. The van der Waals surface area contributed by atoms with E-state index in [0.29, 0.717) is 0 Å². The number of imidazole rings is 1. The maximum Gasteiger partial charge on any atom is 0.203 e. The van der Waals surface area contributed by atoms with Crippen molar-refractivity contribution in [3.8, 4) is 0 Å². The smallest absolute Gasteiger partial charge is 0.203 e. The minimum Gasteiger partial charge on any atom is -0.359 e. The molecule has 0 bridgehead atoms. The lowest BCUT2D eigenvalue weighted by Crippen LogP contribution is -1.97. The van der Waals surface area contributed by atoms with Gasteiger partial charge in [0.15, 0.2) is 0 Å². The van der Waals surface area contributed by atoms with Gasteiger partial charge in [0.2, 0.25) is 5.95 Å². The van der Waals surface area contributed by atoms with Gasteiger partial charge in [0.1, 0.15) is 0 Å². The van der Waals surface area contributed by atoms with Crippen LogP contribution in [0.2, 0.25) is 0 Å². The van der Waals surface area contributed by atoms with Crippen molar-refractivity contribution in [3.63, 3.8) is 0 Å². The molecule has 0 spiro atoms. The zero-order valence-corrected chi connectivity index (χ0v) is 8.83. The van der Waals surface area contributed by atoms with E-state index in [0.717, 1.165) is 17.9 Å². The van der Waals surface area contributed by atoms with Gasteiger partial charge < -0.3 is 9.88 Å². The molecule has 0 atom stereocenters. The monoisotopic (exact) mass is 189 g/mol. The number of benzene rings is 1. The molecule has 0 amide bonds. The highest BCUT2D eigenvalue weighted by Crippen LogP contribution is 2.19. The van der Waals surface area contributed by atoms with E-state index in [4.69, 9.17) is 0 Å². The molecule has 2 aromatic rings. The van der Waals surface area contributed by atoms with Crippen molar-refractivity contribution in [2.45, 2.75) is 13.3 Å². The molecule has 2 rings (SSSR count). The van der Waals surface area contributed by atoms with E-state index in [9.17, 15) is 0 Å². The maximum atomic E-state index is 4.46. The summed E-state index contributed by atoms with van der Waals surface area (Å²) < 4.78 is 2.08. The average molecular weight is 189 g/mol. The van der Waals surface area contributed by atoms with Crippen LogP contribution in [0.5, 0.6) is 0 Å². The van der Waals surface area contributed by atoms with E-state index >= 15 is 0 Å². The Kier molecular flexibility index (Phi) is 2.15. The van der Waals surface area contributed by atoms with Gasteiger partial charge in [0.05, 0.1) is 11.0 Å². The highest BCUT2D eigenvalue weighted by atomic mass is 15.2. The van der Waals surface area contributed by atoms with Gasteiger partial charge in [0.25, 0.3) is 0 Å². The Morgan fingerprint density at radius 2 is 2.21 bits per heavy atom. The molecule has 0 unspecified atom stereocenters. The van der Waals surface area contributed by atoms with Gasteiger partial charge in [-0.15, -0.1) is 0 Å². The summed E-state index contributed by atoms with van der Waals surface area (Å²) in [6.45, 7) is 2.16. The molecule has 1 aromatic carbocycles. The standard InChI is InChI=1S/C11H15N3/c1-4-8-5-6-9-10(7-8)14(3)11(12-2)13-9/h5-7H,4H2,1-3H3,(H,12,13). The minimum atomic E-state index is 0.910. The molecule has 0 radical (unpaired) electrons. The Balaban J connectivity index is 2.68. The van der Waals surface area contributed by atoms with Crippen LogP contribution in [0.15, 0.2) is 18.2 Å². The Morgan fingerprint density at radius 3 is 2.86 bits per heavy atom. The third kappa shape index (κ3) is 1.25. The summed E-state index contributed by atoms with van der Waals surface area (Å²) in [5.41, 5.74) is 3.59. The number of rotatable bonds is 2. The summed E-state index contributed by atoms with van der Waals surface area (Å²) in [4.78, 5) is 4.46. The van der Waals surface area contributed by atoms with E-state index in [1.54, 1.807) is 0 Å². The van der Waals surface area contributed by atoms with Crippen LogP contribution in [0.25, 0.3) is 11.0 Å². The lowest BCUT2D eigenvalue weighted by Gasteiger charge is -2.00. The van der Waals surface area contributed by atoms with Crippen molar-refractivity contribution in [2.75, 3.05) is 12.4 Å². The largest absolute Gasteiger partial charge is 0.359 e. The molecule has 1 N–H and O–H groups in total. The molecule has 3 nitrogen and oxygen atoms in total. The van der Waals surface area contributed by atoms with Crippen molar-refractivity contribution in [2.24, 2.45) is 7.05 Å². The first kappa shape index (κ1) is 9.06. The van der Waals surface area contributed by atoms with Crippen molar-refractivity contribution in [1.29, 1.82) is 0 Å². The topological polar surface area (TPSA) is 29.9 Å². The maximum absolute atomic E-state index is 4.46. The van der Waals surface area contributed by atoms with E-state index in [1.807, 2.05) is 14.1 Å². The number of hydrogen-bond acceptors (Lipinski definition) is 2. The van der Waals surface area contributed by atoms with Gasteiger partial charge in [-0.25, -0.2) is 4.98 Å². The van der Waals surface area contributed by atoms with Crippen LogP contribution in [-0.4, -0.2) is 16.6 Å². The van der Waals surface area contributed by atoms with Crippen LogP contribution < -0.4 is 5.32 Å². The summed E-state index contributed by atoms with van der Waals surface area (Å²) in [6.07, 6.45) is 1.07. The second-order valence-electron chi connectivity index (χ2n) is 3.42. The first-order valence-corrected chi connectivity index (χ1v) is 4.89. The van der Waals surface area contributed by atoms with Crippen molar-refractivity contribution in [3.05, 3.63) is 23.8 Å². The molecule has 0 saturated carbocycles. The molecule has 0 aliphatic rings. The fraction of sp³-hybridized carbons (Fsp3) is 0.364. The summed E-state index contributed by atoms with van der Waals surface area (Å²) in [6, 6.07) is 6.41. The molecular weight excluding hydrogens is 174 g/mol. The van der Waals surface area contributed by atoms with Crippen molar-refractivity contribution >= 4 is 17.0 Å². The Hall–Kier alpha value is -1.51. The van der Waals surface area contributed by atoms with E-state index in [-0.39, 0.29) is 0 Å². The van der Waals surface area contributed by atoms with Gasteiger partial charge in [-0.3, -0.25) is 0 Å². The Morgan fingerprint density at radius 1 is 1.43 bits per heavy atom. The molecule has 14 heavy (non-hydrogen) atoms. The summed E-state index contributed by atoms with van der Waals surface area (Å²) >= 11 is 0. The molecule has 1 heterocycles. The minimum absolute atomic E-state index is 0.910. The van der Waals surface area contributed by atoms with Gasteiger partial charge in [0, 0.05) is 14.1 Å². The van der Waals surface area contributed by atoms with Crippen LogP contribution in [0.3, 0.4) is 0 Å². The molecular formula is C11H15N3. The number of anilines is 1. The number of aryl methyl sites for hydroxylation is 2. The van der Waals surface area contributed by atoms with E-state index in [1.165, 1.54) is 11.1 Å². The zero-order chi connectivity index (χ0) is 10.1. The molecule has 0 fully saturated rings. The summed E-state index contributed by atoms with van der Waals surface area (Å²) in [7, 11) is 3.92. The first-order chi connectivity index (χ1) is 6.76. The van der Waals surface area contributed by atoms with E-state index < -0.39 is 0 Å². The van der Waals surface area contributed by atoms with Crippen LogP contribution in [-0.2, 0) is 13.5 Å². The molecule has 3 heteroatoms. The van der Waals surface area contributed by atoms with Crippen molar-refractivity contribution < 1.29 is 0 Å². The number of fused-ring (bicyclic) bond motifs is 1. The van der Waals surface area contributed by atoms with Crippen molar-refractivity contribution in [1.82, 2.24) is 9.55 Å². The zero-order valence-electron chi connectivity index (χ0n) is 8.83. The fourth-order valence-electron chi connectivity index (χ4n) is 1.68. The first-order valence-electron chi connectivity index (χ1n) is 4.89. The van der Waals surface area contributed by atoms with Crippen LogP contribution >= 0.6 is 0 Å². The van der Waals surface area contributed by atoms with Gasteiger partial charge in [-0.05, 0) is 24.1 Å². The molecule has 1 aromatic heterocycles. The molecule has 74 valence electrons. The average Bonchev–Trinajstić information content (AvgIpc) is 2.55. The van der Waals surface area contributed by atoms with Gasteiger partial charge in [-0.1, -0.05) is 13.0 Å². The quantitative estimate of drug-likeness (QED) is 0.784. The second-order valence-corrected chi connectivity index (χ2v) is 3.42. The second kappa shape index (κ2) is 3.33. The normalized spacial score (nSPS) is 10.8. The lowest BCUT2D eigenvalue weighted by atomic mass is 10.1. The van der Waals surface area contributed by atoms with Gasteiger partial charge in [-0.2, -0.15) is 0 Å². The third-order valence-electron chi connectivity index (χ3n) is 2.58. The SMILES string of the molecule is CCc1ccc2nc(NC)n(C)c2c1. The molecule has 0 saturated heterocycles. The number of hydrogen-bond donors (Lipinski definition) is 1. The summed E-state index contributed by atoms with van der Waals surface area (Å²) in [5, 5.41) is 3.07. The third-order valence-corrected chi connectivity index (χ3v) is 2.58. The van der Waals surface area contributed by atoms with Gasteiger partial charge >= 0.3 is 0 Å². The number of aromatic nitrogens is 2. The number of nitrogens with zero attached hydrogens (tertiary/aromatic N) is 2. The van der Waals surface area contributed by atoms with Crippen LogP contribution in [0.4, 0.5) is 5.95 Å². The Bertz CT molecular complexity index is 457. The lowest BCUT2D eigenvalue weighted by molar-refractivity contribution is 0.951. The van der Waals surface area contributed by atoms with Crippen LogP contribution in [0, 0.1) is 0 Å². The predicted molar refractivity (Wildman–Crippen MR) is 59.6 cm³/mol. The summed E-state index contributed by atoms with van der Waals surface area (Å²) in [5.74, 6) is 0.910. The molecule has 0 aliphatic heterocycles. The van der Waals surface area contributed by atoms with Crippen LogP contribution in [0.1, 0.15) is 12.5 Å². The fourth-order valence-corrected chi connectivity index (χ4v) is 1.68. The highest BCUT2D eigenvalue weighted by Gasteiger charge is 2.05. The van der Waals surface area contributed by atoms with E-state index in [2.05, 4.69) is 40.0 Å². The predicted octanol–water partition coefficient (Wildman–Crippen LogP) is 2.18. The molecule has 0 aliphatic carbocycles. The Labute approximate surface area is 83.8 Å². The number of nitrogens with one attached hydrogen (secondary N) is 1.